The van der Waals surface area contributed by atoms with E-state index in [4.69, 9.17) is 26.9 Å². The van der Waals surface area contributed by atoms with Crippen molar-refractivity contribution in [2.24, 2.45) is 11.8 Å². The molecular formula is C19H32N6OS. The lowest BCUT2D eigenvalue weighted by molar-refractivity contribution is 0.122. The van der Waals surface area contributed by atoms with Crippen LogP contribution in [0.4, 0.5) is 17.6 Å². The second-order valence-corrected chi connectivity index (χ2v) is 8.52. The lowest BCUT2D eigenvalue weighted by Crippen LogP contribution is -2.40. The molecule has 1 aromatic heterocycles. The van der Waals surface area contributed by atoms with E-state index in [1.807, 2.05) is 0 Å². The first kappa shape index (κ1) is 20.1. The molecule has 3 heterocycles. The fraction of sp³-hybridized carbons (Fsp3) is 0.737. The zero-order valence-corrected chi connectivity index (χ0v) is 17.7. The minimum atomic E-state index is 0.260. The topological polar surface area (TPSA) is 65.6 Å². The van der Waals surface area contributed by atoms with Crippen LogP contribution < -0.4 is 20.4 Å². The number of nitrogens with zero attached hydrogens (tertiary/aromatic N) is 4. The van der Waals surface area contributed by atoms with Gasteiger partial charge in [0.1, 0.15) is 11.6 Å². The molecule has 0 amide bonds. The van der Waals surface area contributed by atoms with Crippen LogP contribution in [0.5, 0.6) is 0 Å². The summed E-state index contributed by atoms with van der Waals surface area (Å²) in [6, 6.07) is 2.37. The maximum atomic E-state index is 5.49. The number of rotatable bonds is 4. The minimum absolute atomic E-state index is 0.260. The van der Waals surface area contributed by atoms with Crippen LogP contribution in [0.25, 0.3) is 0 Å². The SMILES string of the molecule is CC(C)NC(=S)Nc1nc(N2CCOCC2)cc(N2C[C@H](C)C[C@H](C)C2)n1. The molecule has 0 spiro atoms. The maximum absolute atomic E-state index is 5.49. The number of ether oxygens (including phenoxy) is 1. The number of nitrogens with one attached hydrogen (secondary N) is 2. The number of anilines is 3. The summed E-state index contributed by atoms with van der Waals surface area (Å²) in [6.07, 6.45) is 1.27. The van der Waals surface area contributed by atoms with Gasteiger partial charge in [-0.15, -0.1) is 0 Å². The normalized spacial score (nSPS) is 23.4. The van der Waals surface area contributed by atoms with Crippen LogP contribution in [-0.4, -0.2) is 60.5 Å². The lowest BCUT2D eigenvalue weighted by Gasteiger charge is -2.36. The first-order valence-corrected chi connectivity index (χ1v) is 10.4. The van der Waals surface area contributed by atoms with Crippen molar-refractivity contribution < 1.29 is 4.74 Å². The van der Waals surface area contributed by atoms with Crippen molar-refractivity contribution in [1.82, 2.24) is 15.3 Å². The monoisotopic (exact) mass is 392 g/mol. The summed E-state index contributed by atoms with van der Waals surface area (Å²) in [5.41, 5.74) is 0. The highest BCUT2D eigenvalue weighted by atomic mass is 32.1. The number of aromatic nitrogens is 2. The van der Waals surface area contributed by atoms with E-state index < -0.39 is 0 Å². The molecule has 2 fully saturated rings. The van der Waals surface area contributed by atoms with E-state index in [0.717, 1.165) is 51.0 Å². The molecule has 2 saturated heterocycles. The van der Waals surface area contributed by atoms with Gasteiger partial charge in [0.15, 0.2) is 5.11 Å². The number of thiocarbonyl (C=S) groups is 1. The average molecular weight is 393 g/mol. The van der Waals surface area contributed by atoms with Crippen LogP contribution in [-0.2, 0) is 4.74 Å². The van der Waals surface area contributed by atoms with Gasteiger partial charge in [-0.3, -0.25) is 0 Å². The molecule has 0 aromatic carbocycles. The summed E-state index contributed by atoms with van der Waals surface area (Å²) in [6.45, 7) is 13.9. The van der Waals surface area contributed by atoms with Gasteiger partial charge >= 0.3 is 0 Å². The molecule has 0 saturated carbocycles. The third kappa shape index (κ3) is 5.65. The summed E-state index contributed by atoms with van der Waals surface area (Å²) in [4.78, 5) is 14.2. The fourth-order valence-electron chi connectivity index (χ4n) is 3.84. The summed E-state index contributed by atoms with van der Waals surface area (Å²) in [5, 5.41) is 6.92. The molecule has 8 heteroatoms. The van der Waals surface area contributed by atoms with Crippen molar-refractivity contribution >= 4 is 34.9 Å². The van der Waals surface area contributed by atoms with Crippen molar-refractivity contribution in [2.45, 2.75) is 40.2 Å². The van der Waals surface area contributed by atoms with Gasteiger partial charge in [0.25, 0.3) is 0 Å². The van der Waals surface area contributed by atoms with Crippen molar-refractivity contribution in [3.63, 3.8) is 0 Å². The van der Waals surface area contributed by atoms with Crippen LogP contribution in [0, 0.1) is 11.8 Å². The Morgan fingerprint density at radius 1 is 1.11 bits per heavy atom. The summed E-state index contributed by atoms with van der Waals surface area (Å²) in [7, 11) is 0. The zero-order chi connectivity index (χ0) is 19.4. The Kier molecular flexibility index (Phi) is 6.70. The predicted molar refractivity (Wildman–Crippen MR) is 115 cm³/mol. The van der Waals surface area contributed by atoms with Gasteiger partial charge in [-0.25, -0.2) is 0 Å². The molecule has 3 rings (SSSR count). The van der Waals surface area contributed by atoms with Gasteiger partial charge in [-0.1, -0.05) is 13.8 Å². The molecule has 1 aromatic rings. The maximum Gasteiger partial charge on any atom is 0.232 e. The minimum Gasteiger partial charge on any atom is -0.378 e. The van der Waals surface area contributed by atoms with Gasteiger partial charge in [0.05, 0.1) is 13.2 Å². The molecule has 0 aliphatic carbocycles. The van der Waals surface area contributed by atoms with Gasteiger partial charge in [0.2, 0.25) is 5.95 Å². The predicted octanol–water partition coefficient (Wildman–Crippen LogP) is 2.49. The Morgan fingerprint density at radius 2 is 1.70 bits per heavy atom. The Bertz CT molecular complexity index is 639. The Labute approximate surface area is 167 Å². The largest absolute Gasteiger partial charge is 0.378 e. The van der Waals surface area contributed by atoms with Crippen LogP contribution in [0.3, 0.4) is 0 Å². The molecule has 0 bridgehead atoms. The van der Waals surface area contributed by atoms with Crippen molar-refractivity contribution in [3.05, 3.63) is 6.07 Å². The standard InChI is InChI=1S/C19H32N6OS/c1-13(2)20-19(27)23-18-21-16(24-5-7-26-8-6-24)10-17(22-18)25-11-14(3)9-15(4)12-25/h10,13-15H,5-9,11-12H2,1-4H3,(H2,20,21,22,23,27)/t14-,15+. The van der Waals surface area contributed by atoms with Crippen LogP contribution in [0.2, 0.25) is 0 Å². The van der Waals surface area contributed by atoms with Gasteiger partial charge in [0, 0.05) is 38.3 Å². The molecule has 2 N–H and O–H groups in total. The first-order valence-electron chi connectivity index (χ1n) is 9.95. The number of hydrogen-bond donors (Lipinski definition) is 2. The third-order valence-electron chi connectivity index (χ3n) is 4.87. The molecule has 0 radical (unpaired) electrons. The van der Waals surface area contributed by atoms with Gasteiger partial charge < -0.3 is 25.2 Å². The zero-order valence-electron chi connectivity index (χ0n) is 16.9. The smallest absolute Gasteiger partial charge is 0.232 e. The Hall–Kier alpha value is -1.67. The number of morpholine rings is 1. The highest BCUT2D eigenvalue weighted by Gasteiger charge is 2.25. The van der Waals surface area contributed by atoms with Crippen molar-refractivity contribution in [3.8, 4) is 0 Å². The van der Waals surface area contributed by atoms with Crippen LogP contribution in [0.1, 0.15) is 34.1 Å². The molecular weight excluding hydrogens is 360 g/mol. The van der Waals surface area contributed by atoms with E-state index >= 15 is 0 Å². The van der Waals surface area contributed by atoms with E-state index in [1.54, 1.807) is 0 Å². The van der Waals surface area contributed by atoms with Gasteiger partial charge in [-0.2, -0.15) is 9.97 Å². The Morgan fingerprint density at radius 3 is 2.30 bits per heavy atom. The molecule has 2 aliphatic heterocycles. The molecule has 0 unspecified atom stereocenters. The number of piperidine rings is 1. The molecule has 27 heavy (non-hydrogen) atoms. The summed E-state index contributed by atoms with van der Waals surface area (Å²) >= 11 is 5.40. The van der Waals surface area contributed by atoms with Crippen LogP contribution in [0.15, 0.2) is 6.07 Å². The molecule has 7 nitrogen and oxygen atoms in total. The fourth-order valence-corrected chi connectivity index (χ4v) is 4.17. The highest BCUT2D eigenvalue weighted by molar-refractivity contribution is 7.80. The second kappa shape index (κ2) is 9.01. The van der Waals surface area contributed by atoms with E-state index in [1.165, 1.54) is 6.42 Å². The van der Waals surface area contributed by atoms with E-state index in [9.17, 15) is 0 Å². The van der Waals surface area contributed by atoms with Crippen molar-refractivity contribution in [2.75, 3.05) is 54.5 Å². The van der Waals surface area contributed by atoms with E-state index in [-0.39, 0.29) is 6.04 Å². The summed E-state index contributed by atoms with van der Waals surface area (Å²) < 4.78 is 5.49. The third-order valence-corrected chi connectivity index (χ3v) is 5.09. The van der Waals surface area contributed by atoms with Crippen LogP contribution >= 0.6 is 12.2 Å². The van der Waals surface area contributed by atoms with Gasteiger partial charge in [-0.05, 0) is 44.3 Å². The van der Waals surface area contributed by atoms with E-state index in [0.29, 0.717) is 22.9 Å². The molecule has 2 atom stereocenters. The molecule has 2 aliphatic rings. The lowest BCUT2D eigenvalue weighted by atomic mass is 9.92. The Balaban J connectivity index is 1.86. The second-order valence-electron chi connectivity index (χ2n) is 8.11. The first-order chi connectivity index (χ1) is 12.9. The molecule has 150 valence electrons. The average Bonchev–Trinajstić information content (AvgIpc) is 2.60. The quantitative estimate of drug-likeness (QED) is 0.758. The summed E-state index contributed by atoms with van der Waals surface area (Å²) in [5.74, 6) is 3.79. The highest BCUT2D eigenvalue weighted by Crippen LogP contribution is 2.28. The number of hydrogen-bond acceptors (Lipinski definition) is 6. The van der Waals surface area contributed by atoms with E-state index in [2.05, 4.69) is 54.2 Å². The van der Waals surface area contributed by atoms with Crippen molar-refractivity contribution in [1.29, 1.82) is 0 Å².